The topological polar surface area (TPSA) is 29.9 Å². The molecular formula is C13H17N3S. The molecule has 0 unspecified atom stereocenters. The summed E-state index contributed by atoms with van der Waals surface area (Å²) in [6, 6.07) is 8.88. The minimum atomic E-state index is 0.654. The fourth-order valence-electron chi connectivity index (χ4n) is 2.34. The molecule has 0 amide bonds. The van der Waals surface area contributed by atoms with Gasteiger partial charge in [-0.05, 0) is 18.9 Å². The molecule has 1 saturated carbocycles. The summed E-state index contributed by atoms with van der Waals surface area (Å²) in [5.41, 5.74) is 1.06. The molecule has 17 heavy (non-hydrogen) atoms. The second-order valence-electron chi connectivity index (χ2n) is 4.63. The highest BCUT2D eigenvalue weighted by molar-refractivity contribution is 7.95. The van der Waals surface area contributed by atoms with Gasteiger partial charge in [-0.2, -0.15) is 9.19 Å². The van der Waals surface area contributed by atoms with Gasteiger partial charge in [0.15, 0.2) is 0 Å². The summed E-state index contributed by atoms with van der Waals surface area (Å²) in [6.07, 6.45) is 8.80. The van der Waals surface area contributed by atoms with E-state index in [0.717, 1.165) is 5.52 Å². The van der Waals surface area contributed by atoms with Crippen molar-refractivity contribution in [2.75, 3.05) is 0 Å². The Balaban J connectivity index is 1.64. The van der Waals surface area contributed by atoms with E-state index in [2.05, 4.69) is 22.1 Å². The molecule has 0 radical (unpaired) electrons. The molecule has 1 aliphatic carbocycles. The zero-order valence-electron chi connectivity index (χ0n) is 9.80. The van der Waals surface area contributed by atoms with E-state index < -0.39 is 0 Å². The van der Waals surface area contributed by atoms with Gasteiger partial charge in [0.05, 0.1) is 17.7 Å². The molecule has 1 fully saturated rings. The highest BCUT2D eigenvalue weighted by atomic mass is 32.2. The van der Waals surface area contributed by atoms with E-state index in [1.807, 2.05) is 22.3 Å². The minimum absolute atomic E-state index is 0.654. The summed E-state index contributed by atoms with van der Waals surface area (Å²) < 4.78 is 5.45. The number of aromatic nitrogens is 2. The molecule has 0 spiro atoms. The van der Waals surface area contributed by atoms with Crippen molar-refractivity contribution in [1.82, 2.24) is 13.9 Å². The first-order chi connectivity index (χ1) is 8.42. The molecule has 1 aromatic carbocycles. The molecule has 2 aromatic rings. The molecule has 0 atom stereocenters. The maximum absolute atomic E-state index is 4.51. The number of nitrogens with one attached hydrogen (secondary N) is 1. The fourth-order valence-corrected chi connectivity index (χ4v) is 3.13. The highest BCUT2D eigenvalue weighted by Crippen LogP contribution is 2.20. The molecule has 3 rings (SSSR count). The van der Waals surface area contributed by atoms with Crippen molar-refractivity contribution in [3.8, 4) is 0 Å². The molecule has 0 saturated heterocycles. The van der Waals surface area contributed by atoms with Crippen LogP contribution in [0.3, 0.4) is 0 Å². The van der Waals surface area contributed by atoms with Gasteiger partial charge in [0, 0.05) is 17.6 Å². The summed E-state index contributed by atoms with van der Waals surface area (Å²) in [6.45, 7) is 0. The lowest BCUT2D eigenvalue weighted by Gasteiger charge is -2.21. The third-order valence-corrected chi connectivity index (χ3v) is 4.12. The van der Waals surface area contributed by atoms with Crippen molar-refractivity contribution in [2.24, 2.45) is 0 Å². The lowest BCUT2D eigenvalue weighted by Crippen LogP contribution is -2.26. The van der Waals surface area contributed by atoms with Crippen LogP contribution in [0, 0.1) is 0 Å². The standard InChI is InChI=1S/C13H17N3S/c1-2-7-12(8-3-1)15-17-16-10-11-6-4-5-9-13(11)14-16/h4-6,9-10,12,15H,1-3,7-8H2. The average Bonchev–Trinajstić information content (AvgIpc) is 2.80. The number of fused-ring (bicyclic) bond motifs is 1. The van der Waals surface area contributed by atoms with Crippen LogP contribution in [-0.2, 0) is 0 Å². The third-order valence-electron chi connectivity index (χ3n) is 3.31. The van der Waals surface area contributed by atoms with E-state index in [1.54, 1.807) is 12.1 Å². The second kappa shape index (κ2) is 5.10. The highest BCUT2D eigenvalue weighted by Gasteiger charge is 2.13. The molecule has 0 bridgehead atoms. The zero-order valence-corrected chi connectivity index (χ0v) is 10.6. The Morgan fingerprint density at radius 2 is 2.00 bits per heavy atom. The summed E-state index contributed by atoms with van der Waals surface area (Å²) >= 11 is 1.61. The van der Waals surface area contributed by atoms with Gasteiger partial charge in [0.25, 0.3) is 0 Å². The second-order valence-corrected chi connectivity index (χ2v) is 5.43. The zero-order chi connectivity index (χ0) is 11.5. The lowest BCUT2D eigenvalue weighted by atomic mass is 9.96. The molecule has 4 heteroatoms. The first-order valence-corrected chi connectivity index (χ1v) is 7.06. The Hall–Kier alpha value is -1.00. The van der Waals surface area contributed by atoms with Gasteiger partial charge in [0.1, 0.15) is 0 Å². The first kappa shape index (κ1) is 11.1. The Morgan fingerprint density at radius 3 is 2.82 bits per heavy atom. The van der Waals surface area contributed by atoms with Crippen molar-refractivity contribution in [1.29, 1.82) is 0 Å². The molecule has 3 nitrogen and oxygen atoms in total. The molecule has 1 N–H and O–H groups in total. The molecular weight excluding hydrogens is 230 g/mol. The van der Waals surface area contributed by atoms with Crippen LogP contribution in [0.25, 0.3) is 10.9 Å². The first-order valence-electron chi connectivity index (χ1n) is 6.29. The number of nitrogens with zero attached hydrogens (tertiary/aromatic N) is 2. The van der Waals surface area contributed by atoms with Crippen molar-refractivity contribution in [3.63, 3.8) is 0 Å². The lowest BCUT2D eigenvalue weighted by molar-refractivity contribution is 0.423. The van der Waals surface area contributed by atoms with Gasteiger partial charge in [0.2, 0.25) is 0 Å². The average molecular weight is 247 g/mol. The maximum Gasteiger partial charge on any atom is 0.0934 e. The SMILES string of the molecule is c1ccc2nn(SNC3CCCCC3)cc2c1. The number of hydrogen-bond acceptors (Lipinski definition) is 3. The van der Waals surface area contributed by atoms with Crippen LogP contribution in [0.1, 0.15) is 32.1 Å². The molecule has 1 aliphatic rings. The van der Waals surface area contributed by atoms with E-state index in [9.17, 15) is 0 Å². The van der Waals surface area contributed by atoms with Gasteiger partial charge in [-0.1, -0.05) is 37.5 Å². The molecule has 1 aromatic heterocycles. The van der Waals surface area contributed by atoms with E-state index in [-0.39, 0.29) is 0 Å². The van der Waals surface area contributed by atoms with Crippen LogP contribution < -0.4 is 4.72 Å². The number of rotatable bonds is 3. The van der Waals surface area contributed by atoms with E-state index in [0.29, 0.717) is 6.04 Å². The van der Waals surface area contributed by atoms with Crippen LogP contribution >= 0.6 is 12.1 Å². The summed E-state index contributed by atoms with van der Waals surface area (Å²) in [7, 11) is 0. The number of benzene rings is 1. The van der Waals surface area contributed by atoms with E-state index in [4.69, 9.17) is 0 Å². The van der Waals surface area contributed by atoms with Crippen LogP contribution in [0.4, 0.5) is 0 Å². The van der Waals surface area contributed by atoms with Gasteiger partial charge < -0.3 is 0 Å². The van der Waals surface area contributed by atoms with Crippen LogP contribution in [0.2, 0.25) is 0 Å². The van der Waals surface area contributed by atoms with Crippen LogP contribution in [0.5, 0.6) is 0 Å². The van der Waals surface area contributed by atoms with Gasteiger partial charge >= 0.3 is 0 Å². The Kier molecular flexibility index (Phi) is 3.34. The van der Waals surface area contributed by atoms with Crippen molar-refractivity contribution < 1.29 is 0 Å². The summed E-state index contributed by atoms with van der Waals surface area (Å²) in [5, 5.41) is 5.71. The van der Waals surface area contributed by atoms with Gasteiger partial charge in [-0.15, -0.1) is 0 Å². The Bertz CT molecular complexity index is 455. The summed E-state index contributed by atoms with van der Waals surface area (Å²) in [4.78, 5) is 0. The van der Waals surface area contributed by atoms with E-state index >= 15 is 0 Å². The van der Waals surface area contributed by atoms with Crippen molar-refractivity contribution >= 4 is 23.0 Å². The smallest absolute Gasteiger partial charge is 0.0934 e. The summed E-state index contributed by atoms with van der Waals surface area (Å²) in [5.74, 6) is 0. The molecule has 90 valence electrons. The normalized spacial score (nSPS) is 17.6. The maximum atomic E-state index is 4.51. The Morgan fingerprint density at radius 1 is 1.18 bits per heavy atom. The molecule has 1 heterocycles. The molecule has 0 aliphatic heterocycles. The van der Waals surface area contributed by atoms with Crippen molar-refractivity contribution in [2.45, 2.75) is 38.1 Å². The largest absolute Gasteiger partial charge is 0.241 e. The predicted octanol–water partition coefficient (Wildman–Crippen LogP) is 3.37. The van der Waals surface area contributed by atoms with E-state index in [1.165, 1.54) is 37.5 Å². The minimum Gasteiger partial charge on any atom is -0.241 e. The van der Waals surface area contributed by atoms with Gasteiger partial charge in [-0.25, -0.2) is 4.72 Å². The Labute approximate surface area is 106 Å². The van der Waals surface area contributed by atoms with Crippen LogP contribution in [-0.4, -0.2) is 15.2 Å². The monoisotopic (exact) mass is 247 g/mol. The third kappa shape index (κ3) is 2.64. The fraction of sp³-hybridized carbons (Fsp3) is 0.462. The predicted molar refractivity (Wildman–Crippen MR) is 72.7 cm³/mol. The van der Waals surface area contributed by atoms with Gasteiger partial charge in [-0.3, -0.25) is 0 Å². The number of hydrogen-bond donors (Lipinski definition) is 1. The van der Waals surface area contributed by atoms with Crippen molar-refractivity contribution in [3.05, 3.63) is 30.5 Å². The van der Waals surface area contributed by atoms with Crippen LogP contribution in [0.15, 0.2) is 30.5 Å². The quantitative estimate of drug-likeness (QED) is 0.843.